The Labute approximate surface area is 103 Å². The van der Waals surface area contributed by atoms with Crippen molar-refractivity contribution in [3.63, 3.8) is 0 Å². The van der Waals surface area contributed by atoms with E-state index in [1.165, 1.54) is 0 Å². The standard InChI is InChI=1S/C13H14F3NO/c1-8-3-2-4-9(8)12(18)10-7-17-6-5-11(10)13(14,15)16/h5-9H,2-4H2,1H3. The fourth-order valence-corrected chi connectivity index (χ4v) is 2.57. The molecule has 0 bridgehead atoms. The van der Waals surface area contributed by atoms with Crippen LogP contribution in [0, 0.1) is 11.8 Å². The van der Waals surface area contributed by atoms with Gasteiger partial charge in [-0.2, -0.15) is 13.2 Å². The van der Waals surface area contributed by atoms with Crippen LogP contribution < -0.4 is 0 Å². The number of hydrogen-bond donors (Lipinski definition) is 0. The van der Waals surface area contributed by atoms with Gasteiger partial charge >= 0.3 is 6.18 Å². The maximum atomic E-state index is 12.8. The minimum Gasteiger partial charge on any atom is -0.294 e. The van der Waals surface area contributed by atoms with Crippen LogP contribution in [0.2, 0.25) is 0 Å². The lowest BCUT2D eigenvalue weighted by Crippen LogP contribution is -2.21. The number of Topliss-reactive ketones (excluding diaryl/α,β-unsaturated/α-hetero) is 1. The van der Waals surface area contributed by atoms with E-state index in [1.807, 2.05) is 6.92 Å². The van der Waals surface area contributed by atoms with Gasteiger partial charge in [0.25, 0.3) is 0 Å². The number of carbonyl (C=O) groups is 1. The van der Waals surface area contributed by atoms with Gasteiger partial charge in [0.15, 0.2) is 5.78 Å². The number of rotatable bonds is 2. The van der Waals surface area contributed by atoms with Crippen molar-refractivity contribution in [2.75, 3.05) is 0 Å². The highest BCUT2D eigenvalue weighted by atomic mass is 19.4. The number of carbonyl (C=O) groups excluding carboxylic acids is 1. The SMILES string of the molecule is CC1CCCC1C(=O)c1cnccc1C(F)(F)F. The molecule has 1 heterocycles. The molecule has 1 fully saturated rings. The summed E-state index contributed by atoms with van der Waals surface area (Å²) < 4.78 is 38.4. The second-order valence-corrected chi connectivity index (χ2v) is 4.80. The molecule has 0 saturated heterocycles. The summed E-state index contributed by atoms with van der Waals surface area (Å²) in [4.78, 5) is 15.8. The van der Waals surface area contributed by atoms with Crippen LogP contribution in [-0.4, -0.2) is 10.8 Å². The number of halogens is 3. The predicted molar refractivity (Wildman–Crippen MR) is 60.1 cm³/mol. The van der Waals surface area contributed by atoms with Gasteiger partial charge in [-0.1, -0.05) is 13.3 Å². The van der Waals surface area contributed by atoms with Crippen LogP contribution in [0.1, 0.15) is 42.1 Å². The lowest BCUT2D eigenvalue weighted by molar-refractivity contribution is -0.138. The molecule has 0 aromatic carbocycles. The highest BCUT2D eigenvalue weighted by Gasteiger charge is 2.38. The van der Waals surface area contributed by atoms with Crippen molar-refractivity contribution >= 4 is 5.78 Å². The van der Waals surface area contributed by atoms with E-state index in [9.17, 15) is 18.0 Å². The fourth-order valence-electron chi connectivity index (χ4n) is 2.57. The summed E-state index contributed by atoms with van der Waals surface area (Å²) in [7, 11) is 0. The van der Waals surface area contributed by atoms with E-state index in [0.29, 0.717) is 6.42 Å². The summed E-state index contributed by atoms with van der Waals surface area (Å²) in [6.45, 7) is 1.92. The largest absolute Gasteiger partial charge is 0.417 e. The Bertz CT molecular complexity index is 456. The Morgan fingerprint density at radius 1 is 1.39 bits per heavy atom. The van der Waals surface area contributed by atoms with Crippen molar-refractivity contribution in [2.45, 2.75) is 32.4 Å². The van der Waals surface area contributed by atoms with E-state index in [1.54, 1.807) is 0 Å². The van der Waals surface area contributed by atoms with Crippen molar-refractivity contribution in [1.29, 1.82) is 0 Å². The Balaban J connectivity index is 2.36. The first-order chi connectivity index (χ1) is 8.41. The number of ketones is 1. The number of hydrogen-bond acceptors (Lipinski definition) is 2. The van der Waals surface area contributed by atoms with Gasteiger partial charge in [0, 0.05) is 23.9 Å². The molecule has 18 heavy (non-hydrogen) atoms. The van der Waals surface area contributed by atoms with Crippen LogP contribution >= 0.6 is 0 Å². The number of nitrogens with zero attached hydrogens (tertiary/aromatic N) is 1. The quantitative estimate of drug-likeness (QED) is 0.756. The fraction of sp³-hybridized carbons (Fsp3) is 0.538. The van der Waals surface area contributed by atoms with Crippen molar-refractivity contribution in [3.8, 4) is 0 Å². The third-order valence-corrected chi connectivity index (χ3v) is 3.59. The molecular formula is C13H14F3NO. The summed E-state index contributed by atoms with van der Waals surface area (Å²) in [5.74, 6) is -0.561. The van der Waals surface area contributed by atoms with Gasteiger partial charge in [0.1, 0.15) is 0 Å². The Morgan fingerprint density at radius 2 is 2.11 bits per heavy atom. The normalized spacial score (nSPS) is 24.2. The van der Waals surface area contributed by atoms with Gasteiger partial charge in [-0.3, -0.25) is 9.78 Å². The van der Waals surface area contributed by atoms with Gasteiger partial charge in [-0.25, -0.2) is 0 Å². The minimum absolute atomic E-state index is 0.152. The first-order valence-corrected chi connectivity index (χ1v) is 5.96. The molecule has 5 heteroatoms. The second kappa shape index (κ2) is 4.71. The van der Waals surface area contributed by atoms with E-state index in [-0.39, 0.29) is 17.4 Å². The molecule has 2 unspecified atom stereocenters. The Hall–Kier alpha value is -1.39. The molecule has 98 valence electrons. The number of alkyl halides is 3. The molecule has 2 nitrogen and oxygen atoms in total. The van der Waals surface area contributed by atoms with Gasteiger partial charge in [0.05, 0.1) is 5.56 Å². The molecule has 1 aliphatic carbocycles. The van der Waals surface area contributed by atoms with E-state index in [0.717, 1.165) is 31.3 Å². The average molecular weight is 257 g/mol. The molecule has 0 radical (unpaired) electrons. The predicted octanol–water partition coefficient (Wildman–Crippen LogP) is 3.72. The maximum absolute atomic E-state index is 12.8. The summed E-state index contributed by atoms with van der Waals surface area (Å²) >= 11 is 0. The highest BCUT2D eigenvalue weighted by molar-refractivity contribution is 5.99. The minimum atomic E-state index is -4.50. The van der Waals surface area contributed by atoms with Crippen molar-refractivity contribution < 1.29 is 18.0 Å². The Morgan fingerprint density at radius 3 is 2.67 bits per heavy atom. The molecule has 1 aliphatic rings. The zero-order valence-corrected chi connectivity index (χ0v) is 10.00. The molecule has 0 spiro atoms. The molecule has 1 saturated carbocycles. The Kier molecular flexibility index (Phi) is 3.41. The highest BCUT2D eigenvalue weighted by Crippen LogP contribution is 2.37. The van der Waals surface area contributed by atoms with Crippen LogP contribution in [0.5, 0.6) is 0 Å². The second-order valence-electron chi connectivity index (χ2n) is 4.80. The molecule has 1 aromatic heterocycles. The molecule has 0 N–H and O–H groups in total. The van der Waals surface area contributed by atoms with Crippen LogP contribution in [-0.2, 0) is 6.18 Å². The smallest absolute Gasteiger partial charge is 0.294 e. The lowest BCUT2D eigenvalue weighted by atomic mass is 9.88. The summed E-state index contributed by atoms with van der Waals surface area (Å²) in [6, 6.07) is 0.868. The van der Waals surface area contributed by atoms with Crippen LogP contribution in [0.15, 0.2) is 18.5 Å². The lowest BCUT2D eigenvalue weighted by Gasteiger charge is -2.17. The molecule has 2 rings (SSSR count). The average Bonchev–Trinajstić information content (AvgIpc) is 2.73. The topological polar surface area (TPSA) is 30.0 Å². The molecule has 0 aliphatic heterocycles. The first-order valence-electron chi connectivity index (χ1n) is 5.96. The molecule has 2 atom stereocenters. The third kappa shape index (κ3) is 2.40. The first kappa shape index (κ1) is 13.1. The summed E-state index contributed by atoms with van der Waals surface area (Å²) in [5, 5.41) is 0. The summed E-state index contributed by atoms with van der Waals surface area (Å²) in [6.07, 6.45) is 0.0764. The van der Waals surface area contributed by atoms with Gasteiger partial charge in [0.2, 0.25) is 0 Å². The van der Waals surface area contributed by atoms with Gasteiger partial charge < -0.3 is 0 Å². The van der Waals surface area contributed by atoms with Gasteiger partial charge in [-0.15, -0.1) is 0 Å². The zero-order chi connectivity index (χ0) is 13.3. The molecule has 0 amide bonds. The van der Waals surface area contributed by atoms with Crippen molar-refractivity contribution in [3.05, 3.63) is 29.6 Å². The zero-order valence-electron chi connectivity index (χ0n) is 10.00. The van der Waals surface area contributed by atoms with Crippen molar-refractivity contribution in [2.24, 2.45) is 11.8 Å². The summed E-state index contributed by atoms with van der Waals surface area (Å²) in [5.41, 5.74) is -1.16. The van der Waals surface area contributed by atoms with Gasteiger partial charge in [-0.05, 0) is 24.8 Å². The third-order valence-electron chi connectivity index (χ3n) is 3.59. The van der Waals surface area contributed by atoms with Crippen LogP contribution in [0.3, 0.4) is 0 Å². The van der Waals surface area contributed by atoms with Crippen molar-refractivity contribution in [1.82, 2.24) is 4.98 Å². The van der Waals surface area contributed by atoms with E-state index < -0.39 is 17.5 Å². The van der Waals surface area contributed by atoms with Crippen LogP contribution in [0.25, 0.3) is 0 Å². The maximum Gasteiger partial charge on any atom is 0.417 e. The number of pyridine rings is 1. The van der Waals surface area contributed by atoms with E-state index in [4.69, 9.17) is 0 Å². The number of aromatic nitrogens is 1. The van der Waals surface area contributed by atoms with E-state index in [2.05, 4.69) is 4.98 Å². The van der Waals surface area contributed by atoms with Crippen LogP contribution in [0.4, 0.5) is 13.2 Å². The monoisotopic (exact) mass is 257 g/mol. The van der Waals surface area contributed by atoms with E-state index >= 15 is 0 Å². The molecule has 1 aromatic rings. The molecular weight excluding hydrogens is 243 g/mol.